The maximum atomic E-state index is 13.0. The molecule has 1 aromatic carbocycles. The quantitative estimate of drug-likeness (QED) is 0.906. The normalized spacial score (nSPS) is 21.6. The summed E-state index contributed by atoms with van der Waals surface area (Å²) in [6.45, 7) is 7.55. The van der Waals surface area contributed by atoms with E-state index in [2.05, 4.69) is 18.0 Å². The molecule has 1 saturated heterocycles. The highest BCUT2D eigenvalue weighted by molar-refractivity contribution is 5.83. The van der Waals surface area contributed by atoms with Gasteiger partial charge in [0, 0.05) is 42.3 Å². The number of H-pyrrole nitrogens is 1. The molecule has 0 bridgehead atoms. The van der Waals surface area contributed by atoms with E-state index < -0.39 is 0 Å². The first kappa shape index (κ1) is 16.1. The minimum absolute atomic E-state index is 0.200. The first-order valence-electron chi connectivity index (χ1n) is 8.62. The van der Waals surface area contributed by atoms with Crippen LogP contribution in [-0.2, 0) is 6.54 Å². The Morgan fingerprint density at radius 2 is 2.13 bits per heavy atom. The summed E-state index contributed by atoms with van der Waals surface area (Å²) in [7, 11) is 4.01. The maximum Gasteiger partial charge on any atom is 0.198 e. The Morgan fingerprint density at radius 3 is 2.83 bits per heavy atom. The predicted octanol–water partition coefficient (Wildman–Crippen LogP) is 1.72. The molecule has 4 heteroatoms. The van der Waals surface area contributed by atoms with E-state index in [4.69, 9.17) is 0 Å². The average Bonchev–Trinajstić information content (AvgIpc) is 2.51. The fourth-order valence-corrected chi connectivity index (χ4v) is 3.74. The largest absolute Gasteiger partial charge is 0.378 e. The van der Waals surface area contributed by atoms with Gasteiger partial charge in [-0.15, -0.1) is 0 Å². The van der Waals surface area contributed by atoms with Crippen LogP contribution < -0.4 is 15.2 Å². The lowest BCUT2D eigenvalue weighted by atomic mass is 9.99. The lowest BCUT2D eigenvalue weighted by Gasteiger charge is -2.28. The third kappa shape index (κ3) is 3.27. The first-order chi connectivity index (χ1) is 11.0. The molecule has 2 heterocycles. The molecular weight excluding hydrogens is 286 g/mol. The second-order valence-electron chi connectivity index (χ2n) is 7.31. The number of hydrogen-bond acceptors (Lipinski definition) is 2. The molecule has 23 heavy (non-hydrogen) atoms. The molecule has 1 aliphatic heterocycles. The van der Waals surface area contributed by atoms with Crippen LogP contribution in [0.5, 0.6) is 0 Å². The zero-order chi connectivity index (χ0) is 16.6. The Morgan fingerprint density at radius 1 is 1.35 bits per heavy atom. The van der Waals surface area contributed by atoms with Gasteiger partial charge in [-0.05, 0) is 38.0 Å². The van der Waals surface area contributed by atoms with E-state index in [0.29, 0.717) is 0 Å². The molecule has 2 aromatic rings. The van der Waals surface area contributed by atoms with Crippen LogP contribution in [0.1, 0.15) is 31.0 Å². The van der Waals surface area contributed by atoms with E-state index in [-0.39, 0.29) is 5.43 Å². The number of fused-ring (bicyclic) bond motifs is 1. The van der Waals surface area contributed by atoms with E-state index in [1.165, 1.54) is 25.9 Å². The molecule has 3 rings (SSSR count). The van der Waals surface area contributed by atoms with Gasteiger partial charge < -0.3 is 14.8 Å². The number of aromatic amines is 1. The number of nitrogens with one attached hydrogen (secondary N) is 2. The lowest BCUT2D eigenvalue weighted by molar-refractivity contribution is -0.922. The molecular formula is C19H28N3O+. The van der Waals surface area contributed by atoms with Gasteiger partial charge in [0.15, 0.2) is 5.43 Å². The van der Waals surface area contributed by atoms with Crippen molar-refractivity contribution >= 4 is 16.6 Å². The number of aromatic nitrogens is 1. The smallest absolute Gasteiger partial charge is 0.198 e. The molecule has 124 valence electrons. The molecule has 1 fully saturated rings. The number of nitrogens with zero attached hydrogens (tertiary/aromatic N) is 1. The topological polar surface area (TPSA) is 40.5 Å². The highest BCUT2D eigenvalue weighted by Gasteiger charge is 2.22. The van der Waals surface area contributed by atoms with Crippen LogP contribution in [0.2, 0.25) is 0 Å². The summed E-state index contributed by atoms with van der Waals surface area (Å²) in [6, 6.07) is 6.07. The predicted molar refractivity (Wildman–Crippen MR) is 96.4 cm³/mol. The zero-order valence-corrected chi connectivity index (χ0v) is 14.7. The van der Waals surface area contributed by atoms with Crippen LogP contribution >= 0.6 is 0 Å². The number of anilines is 1. The summed E-state index contributed by atoms with van der Waals surface area (Å²) in [4.78, 5) is 20.0. The Balaban J connectivity index is 2.00. The Bertz CT molecular complexity index is 763. The van der Waals surface area contributed by atoms with Crippen LogP contribution in [-0.4, -0.2) is 32.2 Å². The van der Waals surface area contributed by atoms with Crippen LogP contribution in [0.4, 0.5) is 5.69 Å². The fraction of sp³-hybridized carbons (Fsp3) is 0.526. The molecule has 1 aromatic heterocycles. The molecule has 0 amide bonds. The first-order valence-corrected chi connectivity index (χ1v) is 8.62. The molecule has 4 nitrogen and oxygen atoms in total. The second kappa shape index (κ2) is 6.36. The molecule has 1 unspecified atom stereocenters. The van der Waals surface area contributed by atoms with Crippen molar-refractivity contribution in [2.45, 2.75) is 33.2 Å². The van der Waals surface area contributed by atoms with Gasteiger partial charge in [0.1, 0.15) is 6.54 Å². The van der Waals surface area contributed by atoms with E-state index in [1.807, 2.05) is 38.1 Å². The van der Waals surface area contributed by atoms with Gasteiger partial charge >= 0.3 is 0 Å². The number of rotatable bonds is 3. The highest BCUT2D eigenvalue weighted by Crippen LogP contribution is 2.18. The van der Waals surface area contributed by atoms with Gasteiger partial charge in [0.05, 0.1) is 18.7 Å². The molecule has 0 spiro atoms. The summed E-state index contributed by atoms with van der Waals surface area (Å²) in [5.41, 5.74) is 4.18. The molecule has 2 atom stereocenters. The summed E-state index contributed by atoms with van der Waals surface area (Å²) in [5, 5.41) is 0.807. The number of piperidine rings is 1. The molecule has 0 radical (unpaired) electrons. The SMILES string of the molecule is Cc1[nH]c2ccc(N(C)C)cc2c(=O)c1C[NH+]1CCC[C@H](C)C1. The van der Waals surface area contributed by atoms with Crippen LogP contribution in [0.25, 0.3) is 10.9 Å². The van der Waals surface area contributed by atoms with Crippen molar-refractivity contribution < 1.29 is 4.90 Å². The Hall–Kier alpha value is -1.81. The third-order valence-corrected chi connectivity index (χ3v) is 5.10. The van der Waals surface area contributed by atoms with E-state index in [0.717, 1.165) is 40.3 Å². The van der Waals surface area contributed by atoms with E-state index >= 15 is 0 Å². The number of pyridine rings is 1. The number of quaternary nitrogens is 1. The second-order valence-corrected chi connectivity index (χ2v) is 7.31. The number of likely N-dealkylation sites (tertiary alicyclic amines) is 1. The zero-order valence-electron chi connectivity index (χ0n) is 14.7. The van der Waals surface area contributed by atoms with Crippen molar-refractivity contribution in [1.82, 2.24) is 4.98 Å². The standard InChI is InChI=1S/C19H27N3O/c1-13-6-5-9-22(11-13)12-17-14(2)20-18-8-7-15(21(3)4)10-16(18)19(17)23/h7-8,10,13H,5-6,9,11-12H2,1-4H3,(H,20,23)/p+1/t13-/m0/s1. The summed E-state index contributed by atoms with van der Waals surface area (Å²) >= 11 is 0. The van der Waals surface area contributed by atoms with Gasteiger partial charge in [0.2, 0.25) is 0 Å². The third-order valence-electron chi connectivity index (χ3n) is 5.10. The van der Waals surface area contributed by atoms with Gasteiger partial charge in [0.25, 0.3) is 0 Å². The average molecular weight is 314 g/mol. The van der Waals surface area contributed by atoms with Crippen LogP contribution in [0.15, 0.2) is 23.0 Å². The summed E-state index contributed by atoms with van der Waals surface area (Å²) < 4.78 is 0. The van der Waals surface area contributed by atoms with Crippen molar-refractivity contribution in [3.8, 4) is 0 Å². The van der Waals surface area contributed by atoms with E-state index in [1.54, 1.807) is 4.90 Å². The highest BCUT2D eigenvalue weighted by atomic mass is 16.1. The summed E-state index contributed by atoms with van der Waals surface area (Å²) in [6.07, 6.45) is 2.59. The summed E-state index contributed by atoms with van der Waals surface area (Å²) in [5.74, 6) is 0.763. The fourth-order valence-electron chi connectivity index (χ4n) is 3.74. The molecule has 0 aliphatic carbocycles. The molecule has 0 saturated carbocycles. The van der Waals surface area contributed by atoms with Crippen molar-refractivity contribution in [3.63, 3.8) is 0 Å². The van der Waals surface area contributed by atoms with Crippen LogP contribution in [0.3, 0.4) is 0 Å². The van der Waals surface area contributed by atoms with Crippen molar-refractivity contribution in [2.75, 3.05) is 32.1 Å². The Kier molecular flexibility index (Phi) is 4.44. The minimum atomic E-state index is 0.200. The number of aryl methyl sites for hydroxylation is 1. The number of benzene rings is 1. The maximum absolute atomic E-state index is 13.0. The van der Waals surface area contributed by atoms with Gasteiger partial charge in [-0.3, -0.25) is 4.79 Å². The minimum Gasteiger partial charge on any atom is -0.378 e. The number of hydrogen-bond donors (Lipinski definition) is 2. The van der Waals surface area contributed by atoms with Gasteiger partial charge in [-0.25, -0.2) is 0 Å². The lowest BCUT2D eigenvalue weighted by Crippen LogP contribution is -3.12. The van der Waals surface area contributed by atoms with Crippen molar-refractivity contribution in [2.24, 2.45) is 5.92 Å². The van der Waals surface area contributed by atoms with Crippen molar-refractivity contribution in [1.29, 1.82) is 0 Å². The molecule has 1 aliphatic rings. The Labute approximate surface area is 138 Å². The monoisotopic (exact) mass is 314 g/mol. The van der Waals surface area contributed by atoms with Gasteiger partial charge in [-0.2, -0.15) is 0 Å². The molecule has 2 N–H and O–H groups in total. The van der Waals surface area contributed by atoms with Crippen LogP contribution in [0, 0.1) is 12.8 Å². The van der Waals surface area contributed by atoms with E-state index in [9.17, 15) is 4.79 Å². The van der Waals surface area contributed by atoms with Gasteiger partial charge in [-0.1, -0.05) is 6.92 Å². The van der Waals surface area contributed by atoms with Crippen molar-refractivity contribution in [3.05, 3.63) is 39.7 Å².